The van der Waals surface area contributed by atoms with Crippen LogP contribution in [0.15, 0.2) is 46.6 Å². The number of nitrogens with one attached hydrogen (secondary N) is 2. The number of halogens is 4. The van der Waals surface area contributed by atoms with E-state index in [4.69, 9.17) is 16.3 Å². The maximum Gasteiger partial charge on any atom is 0.418 e. The van der Waals surface area contributed by atoms with Crippen molar-refractivity contribution in [2.75, 3.05) is 44.6 Å². The van der Waals surface area contributed by atoms with Crippen LogP contribution in [0.1, 0.15) is 68.7 Å². The lowest BCUT2D eigenvalue weighted by Gasteiger charge is -2.35. The summed E-state index contributed by atoms with van der Waals surface area (Å²) in [6, 6.07) is 1.87. The van der Waals surface area contributed by atoms with Crippen LogP contribution in [0.5, 0.6) is 0 Å². The van der Waals surface area contributed by atoms with E-state index < -0.39 is 34.6 Å². The molecule has 1 unspecified atom stereocenters. The molecule has 0 aromatic carbocycles. The summed E-state index contributed by atoms with van der Waals surface area (Å²) in [4.78, 5) is 56.0. The van der Waals surface area contributed by atoms with Crippen molar-refractivity contribution in [3.8, 4) is 0 Å². The number of alkyl halides is 3. The summed E-state index contributed by atoms with van der Waals surface area (Å²) >= 11 is 6.77. The van der Waals surface area contributed by atoms with Crippen LogP contribution in [-0.4, -0.2) is 93.4 Å². The average molecular weight is 724 g/mol. The van der Waals surface area contributed by atoms with Crippen molar-refractivity contribution in [2.45, 2.75) is 71.2 Å². The first kappa shape index (κ1) is 38.3. The molecule has 2 N–H and O–H groups in total. The molecule has 11 nitrogen and oxygen atoms in total. The predicted molar refractivity (Wildman–Crippen MR) is 182 cm³/mol. The lowest BCUT2D eigenvalue weighted by Crippen LogP contribution is -2.50. The minimum Gasteiger partial charge on any atom is -0.366 e. The number of hydrogen-bond acceptors (Lipinski definition) is 9. The Hall–Kier alpha value is -3.53. The van der Waals surface area contributed by atoms with Gasteiger partial charge in [0.1, 0.15) is 24.4 Å². The molecule has 1 fully saturated rings. The number of carbonyl (C=O) groups is 3. The lowest BCUT2D eigenvalue weighted by molar-refractivity contribution is -0.142. The molecule has 2 aromatic rings. The fourth-order valence-electron chi connectivity index (χ4n) is 5.03. The third-order valence-electron chi connectivity index (χ3n) is 7.69. The van der Waals surface area contributed by atoms with Gasteiger partial charge >= 0.3 is 6.18 Å². The zero-order valence-electron chi connectivity index (χ0n) is 27.9. The topological polar surface area (TPSA) is 130 Å². The van der Waals surface area contributed by atoms with E-state index in [9.17, 15) is 27.6 Å². The van der Waals surface area contributed by atoms with Gasteiger partial charge < -0.3 is 20.3 Å². The number of ether oxygens (including phenoxy) is 1. The summed E-state index contributed by atoms with van der Waals surface area (Å²) in [6.07, 6.45) is 3.70. The average Bonchev–Trinajstić information content (AvgIpc) is 3.31. The highest BCUT2D eigenvalue weighted by atomic mass is 35.5. The molecule has 1 atom stereocenters. The van der Waals surface area contributed by atoms with Crippen LogP contribution in [-0.2, 0) is 26.9 Å². The van der Waals surface area contributed by atoms with Crippen LogP contribution >= 0.6 is 23.4 Å². The first-order chi connectivity index (χ1) is 23.1. The normalized spacial score (nSPS) is 16.7. The Morgan fingerprint density at radius 1 is 1.02 bits per heavy atom. The Balaban J connectivity index is 1.25. The molecule has 3 amide bonds. The highest BCUT2D eigenvalue weighted by Gasteiger charge is 2.34. The number of aromatic nitrogens is 3. The smallest absolute Gasteiger partial charge is 0.366 e. The maximum absolute atomic E-state index is 13.3. The van der Waals surface area contributed by atoms with E-state index in [1.54, 1.807) is 19.1 Å². The van der Waals surface area contributed by atoms with E-state index in [0.29, 0.717) is 43.3 Å². The minimum atomic E-state index is -4.70. The van der Waals surface area contributed by atoms with Crippen molar-refractivity contribution in [2.24, 2.45) is 0 Å². The molecule has 0 aliphatic carbocycles. The quantitative estimate of drug-likeness (QED) is 0.309. The number of pyridine rings is 1. The summed E-state index contributed by atoms with van der Waals surface area (Å²) in [5.74, 6) is -1.31. The third-order valence-corrected chi connectivity index (χ3v) is 9.32. The molecular formula is C33H41ClF3N7O4S. The molecule has 0 radical (unpaired) electrons. The van der Waals surface area contributed by atoms with Gasteiger partial charge in [0.15, 0.2) is 0 Å². The van der Waals surface area contributed by atoms with Gasteiger partial charge in [-0.2, -0.15) is 13.2 Å². The van der Waals surface area contributed by atoms with Crippen molar-refractivity contribution in [1.82, 2.24) is 30.1 Å². The second-order valence-electron chi connectivity index (χ2n) is 12.7. The number of piperazine rings is 1. The summed E-state index contributed by atoms with van der Waals surface area (Å²) in [5.41, 5.74) is -0.515. The Morgan fingerprint density at radius 2 is 1.73 bits per heavy atom. The van der Waals surface area contributed by atoms with E-state index in [1.807, 2.05) is 31.7 Å². The van der Waals surface area contributed by atoms with E-state index in [-0.39, 0.29) is 34.5 Å². The van der Waals surface area contributed by atoms with E-state index in [1.165, 1.54) is 6.33 Å². The predicted octanol–water partition coefficient (Wildman–Crippen LogP) is 5.49. The van der Waals surface area contributed by atoms with Gasteiger partial charge in [-0.05, 0) is 72.1 Å². The van der Waals surface area contributed by atoms with E-state index >= 15 is 0 Å². The summed E-state index contributed by atoms with van der Waals surface area (Å²) in [7, 11) is 0. The summed E-state index contributed by atoms with van der Waals surface area (Å²) in [5, 5.41) is 4.76. The lowest BCUT2D eigenvalue weighted by atomic mass is 10.1. The second-order valence-corrected chi connectivity index (χ2v) is 14.2. The minimum absolute atomic E-state index is 0.00434. The Labute approximate surface area is 293 Å². The van der Waals surface area contributed by atoms with Gasteiger partial charge in [-0.3, -0.25) is 19.3 Å². The molecule has 266 valence electrons. The van der Waals surface area contributed by atoms with Gasteiger partial charge in [-0.1, -0.05) is 35.5 Å². The largest absolute Gasteiger partial charge is 0.418 e. The van der Waals surface area contributed by atoms with Crippen LogP contribution < -0.4 is 10.6 Å². The number of anilines is 1. The molecule has 0 spiro atoms. The standard InChI is InChI=1S/C33H41ClF3N7O4S/c1-21(26-9-5-6-10-27(49-26)31(47)42-28-17-23(33(35,36)37)24(34)18-38-28)41-30(46)25-16-22(39-20-40-25)8-7-11-43-12-14-44(15-13-43)29(45)19-48-32(2,3)4/h9-10,16-18,20-21H,5-8,11-15,19H2,1-4H3,(H,41,46)(H,38,42,47). The van der Waals surface area contributed by atoms with Gasteiger partial charge in [0.2, 0.25) is 5.91 Å². The molecule has 49 heavy (non-hydrogen) atoms. The Kier molecular flexibility index (Phi) is 13.2. The number of allylic oxidation sites excluding steroid dienone is 2. The van der Waals surface area contributed by atoms with Crippen LogP contribution in [0.2, 0.25) is 5.02 Å². The molecule has 0 saturated carbocycles. The number of carbonyl (C=O) groups excluding carboxylic acids is 3. The van der Waals surface area contributed by atoms with Gasteiger partial charge in [-0.15, -0.1) is 0 Å². The number of amides is 3. The molecule has 16 heteroatoms. The number of nitrogens with zero attached hydrogens (tertiary/aromatic N) is 5. The highest BCUT2D eigenvalue weighted by Crippen LogP contribution is 2.36. The molecular weight excluding hydrogens is 683 g/mol. The number of aryl methyl sites for hydroxylation is 1. The molecule has 4 heterocycles. The van der Waals surface area contributed by atoms with E-state index in [2.05, 4.69) is 30.5 Å². The first-order valence-electron chi connectivity index (χ1n) is 16.0. The fourth-order valence-corrected chi connectivity index (χ4v) is 6.28. The molecule has 4 rings (SSSR count). The van der Waals surface area contributed by atoms with Crippen LogP contribution in [0, 0.1) is 0 Å². The highest BCUT2D eigenvalue weighted by molar-refractivity contribution is 8.07. The van der Waals surface area contributed by atoms with Crippen LogP contribution in [0.3, 0.4) is 0 Å². The second kappa shape index (κ2) is 16.9. The van der Waals surface area contributed by atoms with Crippen LogP contribution in [0.25, 0.3) is 0 Å². The summed E-state index contributed by atoms with van der Waals surface area (Å²) < 4.78 is 45.4. The van der Waals surface area contributed by atoms with Gasteiger partial charge in [0.25, 0.3) is 11.8 Å². The SMILES string of the molecule is CC(NC(=O)c1cc(CCCN2CCN(C(=O)COC(C)(C)C)CC2)ncn1)C1=CCCC=C(C(=O)Nc2cc(C(F)(F)F)c(Cl)cn2)S1. The first-order valence-corrected chi connectivity index (χ1v) is 17.2. The third kappa shape index (κ3) is 11.8. The summed E-state index contributed by atoms with van der Waals surface area (Å²) in [6.45, 7) is 11.3. The van der Waals surface area contributed by atoms with Gasteiger partial charge in [-0.25, -0.2) is 15.0 Å². The van der Waals surface area contributed by atoms with Crippen LogP contribution in [0.4, 0.5) is 19.0 Å². The monoisotopic (exact) mass is 723 g/mol. The Morgan fingerprint density at radius 3 is 2.43 bits per heavy atom. The number of thioether (sulfide) groups is 1. The van der Waals surface area contributed by atoms with Gasteiger partial charge in [0.05, 0.1) is 27.1 Å². The maximum atomic E-state index is 13.3. The van der Waals surface area contributed by atoms with Gasteiger partial charge in [0, 0.05) is 43.0 Å². The van der Waals surface area contributed by atoms with Crippen molar-refractivity contribution in [1.29, 1.82) is 0 Å². The van der Waals surface area contributed by atoms with E-state index in [0.717, 1.165) is 49.7 Å². The molecule has 2 aromatic heterocycles. The fraction of sp³-hybridized carbons (Fsp3) is 0.515. The molecule has 0 bridgehead atoms. The van der Waals surface area contributed by atoms with Crippen molar-refractivity contribution >= 4 is 46.9 Å². The Bertz CT molecular complexity index is 1570. The number of rotatable bonds is 11. The zero-order valence-corrected chi connectivity index (χ0v) is 29.5. The van der Waals surface area contributed by atoms with Crippen molar-refractivity contribution < 1.29 is 32.3 Å². The zero-order chi connectivity index (χ0) is 35.8. The molecule has 2 aliphatic heterocycles. The molecule has 1 saturated heterocycles. The van der Waals surface area contributed by atoms with Crippen molar-refractivity contribution in [3.05, 3.63) is 68.6 Å². The number of hydrogen-bond donors (Lipinski definition) is 2. The van der Waals surface area contributed by atoms with Crippen molar-refractivity contribution in [3.63, 3.8) is 0 Å². The molecule has 2 aliphatic rings.